The molecule has 0 unspecified atom stereocenters. The average molecular weight is 311 g/mol. The van der Waals surface area contributed by atoms with Crippen molar-refractivity contribution in [2.75, 3.05) is 6.61 Å². The zero-order chi connectivity index (χ0) is 16.2. The Morgan fingerprint density at radius 2 is 1.96 bits per heavy atom. The van der Waals surface area contributed by atoms with E-state index in [9.17, 15) is 9.18 Å². The molecule has 0 bridgehead atoms. The van der Waals surface area contributed by atoms with Gasteiger partial charge in [-0.25, -0.2) is 13.9 Å². The lowest BCUT2D eigenvalue weighted by Crippen LogP contribution is -2.07. The van der Waals surface area contributed by atoms with Crippen LogP contribution in [0.25, 0.3) is 16.9 Å². The first-order valence-corrected chi connectivity index (χ1v) is 7.13. The van der Waals surface area contributed by atoms with Crippen molar-refractivity contribution in [1.82, 2.24) is 14.8 Å². The van der Waals surface area contributed by atoms with Crippen molar-refractivity contribution in [2.24, 2.45) is 0 Å². The smallest absolute Gasteiger partial charge is 0.358 e. The van der Waals surface area contributed by atoms with Crippen LogP contribution in [0.3, 0.4) is 0 Å². The first kappa shape index (κ1) is 14.9. The Balaban J connectivity index is 2.17. The average Bonchev–Trinajstić information content (AvgIpc) is 3.01. The molecule has 0 amide bonds. The molecule has 0 aliphatic heterocycles. The summed E-state index contributed by atoms with van der Waals surface area (Å²) in [6, 6.07) is 11.4. The predicted octanol–water partition coefficient (Wildman–Crippen LogP) is 3.25. The molecule has 23 heavy (non-hydrogen) atoms. The second-order valence-corrected chi connectivity index (χ2v) is 4.73. The molecule has 0 spiro atoms. The SMILES string of the molecule is CCOC(=O)c1cc(-c2ccncc2)n(-c2ccccc2F)n1. The summed E-state index contributed by atoms with van der Waals surface area (Å²) in [5.74, 6) is -0.973. The van der Waals surface area contributed by atoms with Crippen LogP contribution in [0.5, 0.6) is 0 Å². The van der Waals surface area contributed by atoms with E-state index in [0.29, 0.717) is 5.69 Å². The van der Waals surface area contributed by atoms with E-state index in [1.807, 2.05) is 0 Å². The van der Waals surface area contributed by atoms with Crippen LogP contribution in [0, 0.1) is 5.82 Å². The van der Waals surface area contributed by atoms with E-state index in [1.165, 1.54) is 10.7 Å². The number of hydrogen-bond donors (Lipinski definition) is 0. The number of aromatic nitrogens is 3. The second-order valence-electron chi connectivity index (χ2n) is 4.73. The molecule has 0 aliphatic carbocycles. The number of rotatable bonds is 4. The monoisotopic (exact) mass is 311 g/mol. The van der Waals surface area contributed by atoms with Crippen LogP contribution < -0.4 is 0 Å². The molecular weight excluding hydrogens is 297 g/mol. The number of benzene rings is 1. The van der Waals surface area contributed by atoms with Crippen LogP contribution in [0.2, 0.25) is 0 Å². The predicted molar refractivity (Wildman–Crippen MR) is 82.7 cm³/mol. The van der Waals surface area contributed by atoms with Crippen molar-refractivity contribution in [3.8, 4) is 16.9 Å². The largest absolute Gasteiger partial charge is 0.461 e. The van der Waals surface area contributed by atoms with Gasteiger partial charge in [-0.1, -0.05) is 12.1 Å². The van der Waals surface area contributed by atoms with Crippen LogP contribution in [0.1, 0.15) is 17.4 Å². The van der Waals surface area contributed by atoms with Crippen LogP contribution in [-0.4, -0.2) is 27.3 Å². The topological polar surface area (TPSA) is 57.0 Å². The number of carbonyl (C=O) groups excluding carboxylic acids is 1. The highest BCUT2D eigenvalue weighted by Crippen LogP contribution is 2.25. The molecule has 5 nitrogen and oxygen atoms in total. The minimum atomic E-state index is -0.544. The van der Waals surface area contributed by atoms with Crippen LogP contribution in [0.15, 0.2) is 54.9 Å². The van der Waals surface area contributed by atoms with E-state index in [0.717, 1.165) is 5.56 Å². The van der Waals surface area contributed by atoms with Gasteiger partial charge in [-0.15, -0.1) is 0 Å². The minimum absolute atomic E-state index is 0.127. The highest BCUT2D eigenvalue weighted by atomic mass is 19.1. The highest BCUT2D eigenvalue weighted by Gasteiger charge is 2.19. The van der Waals surface area contributed by atoms with Gasteiger partial charge in [0.1, 0.15) is 11.5 Å². The molecule has 3 aromatic rings. The maximum Gasteiger partial charge on any atom is 0.358 e. The lowest BCUT2D eigenvalue weighted by atomic mass is 10.2. The molecule has 2 aromatic heterocycles. The van der Waals surface area contributed by atoms with Gasteiger partial charge >= 0.3 is 5.97 Å². The molecule has 0 fully saturated rings. The molecule has 1 aromatic carbocycles. The van der Waals surface area contributed by atoms with E-state index in [1.54, 1.807) is 55.7 Å². The fourth-order valence-corrected chi connectivity index (χ4v) is 2.22. The van der Waals surface area contributed by atoms with Gasteiger partial charge < -0.3 is 4.74 Å². The van der Waals surface area contributed by atoms with Crippen molar-refractivity contribution in [2.45, 2.75) is 6.92 Å². The molecule has 0 saturated heterocycles. The quantitative estimate of drug-likeness (QED) is 0.694. The maximum absolute atomic E-state index is 14.1. The maximum atomic E-state index is 14.1. The Morgan fingerprint density at radius 1 is 1.22 bits per heavy atom. The molecule has 0 N–H and O–H groups in total. The van der Waals surface area contributed by atoms with E-state index in [-0.39, 0.29) is 18.0 Å². The number of esters is 1. The summed E-state index contributed by atoms with van der Waals surface area (Å²) in [5, 5.41) is 4.22. The van der Waals surface area contributed by atoms with Crippen LogP contribution >= 0.6 is 0 Å². The third-order valence-electron chi connectivity index (χ3n) is 3.25. The summed E-state index contributed by atoms with van der Waals surface area (Å²) in [6.07, 6.45) is 3.25. The number of para-hydroxylation sites is 1. The molecule has 0 saturated carbocycles. The van der Waals surface area contributed by atoms with Gasteiger partial charge in [0.05, 0.1) is 12.3 Å². The number of nitrogens with zero attached hydrogens (tertiary/aromatic N) is 3. The molecule has 3 rings (SSSR count). The molecule has 6 heteroatoms. The standard InChI is InChI=1S/C17H14FN3O2/c1-2-23-17(22)14-11-16(12-7-9-19-10-8-12)21(20-14)15-6-4-3-5-13(15)18/h3-11H,2H2,1H3. The lowest BCUT2D eigenvalue weighted by molar-refractivity contribution is 0.0519. The Labute approximate surface area is 132 Å². The Hall–Kier alpha value is -3.02. The van der Waals surface area contributed by atoms with Crippen molar-refractivity contribution in [1.29, 1.82) is 0 Å². The van der Waals surface area contributed by atoms with E-state index < -0.39 is 11.8 Å². The van der Waals surface area contributed by atoms with Crippen LogP contribution in [0.4, 0.5) is 4.39 Å². The van der Waals surface area contributed by atoms with E-state index in [4.69, 9.17) is 4.74 Å². The normalized spacial score (nSPS) is 10.5. The van der Waals surface area contributed by atoms with Gasteiger partial charge in [0.15, 0.2) is 5.69 Å². The Kier molecular flexibility index (Phi) is 4.14. The summed E-state index contributed by atoms with van der Waals surface area (Å²) in [5.41, 5.74) is 1.74. The fourth-order valence-electron chi connectivity index (χ4n) is 2.22. The van der Waals surface area contributed by atoms with Gasteiger partial charge in [0.2, 0.25) is 0 Å². The summed E-state index contributed by atoms with van der Waals surface area (Å²) < 4.78 is 20.5. The van der Waals surface area contributed by atoms with Crippen molar-refractivity contribution in [3.63, 3.8) is 0 Å². The van der Waals surface area contributed by atoms with Gasteiger partial charge in [-0.2, -0.15) is 5.10 Å². The number of ether oxygens (including phenoxy) is 1. The molecule has 116 valence electrons. The fraction of sp³-hybridized carbons (Fsp3) is 0.118. The highest BCUT2D eigenvalue weighted by molar-refractivity contribution is 5.89. The summed E-state index contributed by atoms with van der Waals surface area (Å²) in [6.45, 7) is 1.96. The summed E-state index contributed by atoms with van der Waals surface area (Å²) in [4.78, 5) is 15.9. The van der Waals surface area contributed by atoms with Gasteiger partial charge in [-0.3, -0.25) is 4.98 Å². The first-order valence-electron chi connectivity index (χ1n) is 7.13. The minimum Gasteiger partial charge on any atom is -0.461 e. The number of halogens is 1. The number of pyridine rings is 1. The zero-order valence-electron chi connectivity index (χ0n) is 12.4. The molecule has 0 aliphatic rings. The molecular formula is C17H14FN3O2. The van der Waals surface area contributed by atoms with Gasteiger partial charge in [-0.05, 0) is 37.3 Å². The van der Waals surface area contributed by atoms with E-state index >= 15 is 0 Å². The number of carbonyl (C=O) groups is 1. The van der Waals surface area contributed by atoms with Gasteiger partial charge in [0.25, 0.3) is 0 Å². The molecule has 0 radical (unpaired) electrons. The summed E-state index contributed by atoms with van der Waals surface area (Å²) in [7, 11) is 0. The van der Waals surface area contributed by atoms with Crippen molar-refractivity contribution >= 4 is 5.97 Å². The van der Waals surface area contributed by atoms with Crippen molar-refractivity contribution in [3.05, 3.63) is 66.4 Å². The van der Waals surface area contributed by atoms with Crippen molar-refractivity contribution < 1.29 is 13.9 Å². The lowest BCUT2D eigenvalue weighted by Gasteiger charge is -2.08. The van der Waals surface area contributed by atoms with Crippen LogP contribution in [-0.2, 0) is 4.74 Å². The first-order chi connectivity index (χ1) is 11.2. The van der Waals surface area contributed by atoms with E-state index in [2.05, 4.69) is 10.1 Å². The Bertz CT molecular complexity index is 831. The Morgan fingerprint density at radius 3 is 2.65 bits per heavy atom. The third kappa shape index (κ3) is 2.96. The molecule has 2 heterocycles. The molecule has 0 atom stereocenters. The zero-order valence-corrected chi connectivity index (χ0v) is 12.4. The third-order valence-corrected chi connectivity index (χ3v) is 3.25. The second kappa shape index (κ2) is 6.39. The summed E-state index contributed by atoms with van der Waals surface area (Å²) >= 11 is 0. The van der Waals surface area contributed by atoms with Gasteiger partial charge in [0, 0.05) is 18.0 Å². The number of hydrogen-bond acceptors (Lipinski definition) is 4.